The third-order valence-corrected chi connectivity index (χ3v) is 3.34. The topological polar surface area (TPSA) is 112 Å². The van der Waals surface area contributed by atoms with Crippen molar-refractivity contribution in [2.75, 3.05) is 0 Å². The molecular weight excluding hydrogens is 350 g/mol. The molecule has 0 aliphatic carbocycles. The summed E-state index contributed by atoms with van der Waals surface area (Å²) in [6.07, 6.45) is 2.02. The summed E-state index contributed by atoms with van der Waals surface area (Å²) < 4.78 is 37.5. The minimum Gasteiger partial charge on any atom is 0 e. The maximum absolute atomic E-state index is 7.50. The van der Waals surface area contributed by atoms with Gasteiger partial charge in [0, 0.05) is 29.1 Å². The van der Waals surface area contributed by atoms with Crippen LogP contribution in [0.2, 0.25) is 0 Å². The van der Waals surface area contributed by atoms with E-state index in [9.17, 15) is 0 Å². The van der Waals surface area contributed by atoms with Crippen LogP contribution in [-0.2, 0) is 47.2 Å². The van der Waals surface area contributed by atoms with E-state index >= 15 is 0 Å². The summed E-state index contributed by atoms with van der Waals surface area (Å²) in [5.41, 5.74) is 8.47. The molecule has 0 saturated carbocycles. The molecule has 0 amide bonds. The second-order valence-electron chi connectivity index (χ2n) is 3.86. The van der Waals surface area contributed by atoms with Gasteiger partial charge in [-0.15, -0.1) is 0 Å². The van der Waals surface area contributed by atoms with Crippen LogP contribution in [0, 0.1) is 60.9 Å². The van der Waals surface area contributed by atoms with Gasteiger partial charge in [-0.05, 0) is 55.5 Å². The molecule has 0 fully saturated rings. The number of hydrogen-bond donors (Lipinski definition) is 0. The standard InChI is InChI=1S/C12H15N.5CO.Cr/c1-7-8(2)10(4)12-6-13-5-11(12)9(7)3;5*1-2;/h5H,6H2,1-4H3;;;;;;. The van der Waals surface area contributed by atoms with Crippen LogP contribution in [0.4, 0.5) is 0 Å². The number of benzene rings is 1. The van der Waals surface area contributed by atoms with Gasteiger partial charge in [0.25, 0.3) is 0 Å². The summed E-state index contributed by atoms with van der Waals surface area (Å²) in [5, 5.41) is 0. The van der Waals surface area contributed by atoms with Crippen LogP contribution in [0.15, 0.2) is 4.99 Å². The average Bonchev–Trinajstić information content (AvgIpc) is 3.16. The van der Waals surface area contributed by atoms with Gasteiger partial charge in [0.2, 0.25) is 0 Å². The molecule has 1 aromatic carbocycles. The van der Waals surface area contributed by atoms with Crippen molar-refractivity contribution in [2.24, 2.45) is 4.99 Å². The maximum Gasteiger partial charge on any atom is 0 e. The van der Waals surface area contributed by atoms with Crippen molar-refractivity contribution in [1.82, 2.24) is 0 Å². The monoisotopic (exact) mass is 365 g/mol. The first-order chi connectivity index (χ1) is 11.1. The van der Waals surface area contributed by atoms with Gasteiger partial charge in [0.1, 0.15) is 0 Å². The van der Waals surface area contributed by atoms with Gasteiger partial charge in [-0.2, -0.15) is 0 Å². The summed E-state index contributed by atoms with van der Waals surface area (Å²) >= 11 is 0. The molecule has 1 aliphatic rings. The molecule has 1 aliphatic heterocycles. The van der Waals surface area contributed by atoms with Crippen LogP contribution in [0.1, 0.15) is 33.4 Å². The van der Waals surface area contributed by atoms with Gasteiger partial charge in [-0.1, -0.05) is 0 Å². The molecule has 0 spiro atoms. The molecule has 1 heterocycles. The summed E-state index contributed by atoms with van der Waals surface area (Å²) in [5.74, 6) is 0. The van der Waals surface area contributed by atoms with E-state index in [1.165, 1.54) is 33.4 Å². The predicted octanol–water partition coefficient (Wildman–Crippen LogP) is 2.66. The summed E-state index contributed by atoms with van der Waals surface area (Å²) in [4.78, 5) is 4.33. The second-order valence-corrected chi connectivity index (χ2v) is 3.86. The summed E-state index contributed by atoms with van der Waals surface area (Å²) in [6, 6.07) is 0. The van der Waals surface area contributed by atoms with E-state index in [0.29, 0.717) is 0 Å². The average molecular weight is 365 g/mol. The van der Waals surface area contributed by atoms with Crippen molar-refractivity contribution in [3.05, 3.63) is 66.6 Å². The van der Waals surface area contributed by atoms with Crippen molar-refractivity contribution in [3.8, 4) is 0 Å². The second kappa shape index (κ2) is 23.4. The van der Waals surface area contributed by atoms with Crippen LogP contribution >= 0.6 is 0 Å². The van der Waals surface area contributed by atoms with Crippen LogP contribution in [0.5, 0.6) is 0 Å². The van der Waals surface area contributed by atoms with Gasteiger partial charge in [-0.25, -0.2) is 0 Å². The minimum atomic E-state index is 0. The summed E-state index contributed by atoms with van der Waals surface area (Å²) in [7, 11) is 0. The van der Waals surface area contributed by atoms with Gasteiger partial charge in [-0.3, -0.25) is 4.99 Å². The minimum absolute atomic E-state index is 0. The molecule has 0 atom stereocenters. The molecule has 0 unspecified atom stereocenters. The van der Waals surface area contributed by atoms with Crippen molar-refractivity contribution >= 4 is 6.21 Å². The molecule has 0 N–H and O–H groups in total. The molecule has 0 radical (unpaired) electrons. The Balaban J connectivity index is -0.0000000950. The van der Waals surface area contributed by atoms with E-state index in [1.54, 1.807) is 0 Å². The van der Waals surface area contributed by atoms with Gasteiger partial charge in [0.15, 0.2) is 0 Å². The van der Waals surface area contributed by atoms with E-state index in [1.807, 2.05) is 6.21 Å². The molecule has 0 aromatic heterocycles. The van der Waals surface area contributed by atoms with Crippen molar-refractivity contribution in [3.63, 3.8) is 0 Å². The molecule has 7 heteroatoms. The Morgan fingerprint density at radius 3 is 1.38 bits per heavy atom. The first kappa shape index (κ1) is 33.7. The predicted molar refractivity (Wildman–Crippen MR) is 76.3 cm³/mol. The molecule has 0 saturated heterocycles. The molecule has 6 nitrogen and oxygen atoms in total. The Labute approximate surface area is 153 Å². The molecule has 124 valence electrons. The van der Waals surface area contributed by atoms with Crippen LogP contribution in [0.3, 0.4) is 0 Å². The number of aliphatic imine (C=N–C) groups is 1. The van der Waals surface area contributed by atoms with E-state index in [4.69, 9.17) is 23.3 Å². The van der Waals surface area contributed by atoms with Crippen molar-refractivity contribution in [2.45, 2.75) is 34.2 Å². The zero-order valence-corrected chi connectivity index (χ0v) is 15.0. The molecule has 0 bridgehead atoms. The van der Waals surface area contributed by atoms with E-state index in [-0.39, 0.29) is 17.4 Å². The van der Waals surface area contributed by atoms with Crippen molar-refractivity contribution < 1.29 is 40.6 Å². The van der Waals surface area contributed by atoms with E-state index in [2.05, 4.69) is 65.9 Å². The fourth-order valence-corrected chi connectivity index (χ4v) is 2.03. The SMILES string of the molecule is Cc1c(C)c(C)c2c(c1C)C=NC2.[C-]#[O+].[C-]#[O+].[C-]#[O+].[C-]#[O+].[C-]#[O+].[Cr]. The van der Waals surface area contributed by atoms with Gasteiger partial charge >= 0.3 is 56.5 Å². The van der Waals surface area contributed by atoms with Crippen LogP contribution in [0.25, 0.3) is 0 Å². The molecule has 24 heavy (non-hydrogen) atoms. The third kappa shape index (κ3) is 9.30. The largest absolute Gasteiger partial charge is 0 e. The normalized spacial score (nSPS) is 7.75. The Morgan fingerprint density at radius 2 is 1.00 bits per heavy atom. The smallest absolute Gasteiger partial charge is 0 e. The first-order valence-electron chi connectivity index (χ1n) is 5.74. The molecule has 1 aromatic rings. The quantitative estimate of drug-likeness (QED) is 0.497. The Kier molecular flexibility index (Phi) is 32.8. The maximum atomic E-state index is 7.50. The first-order valence-corrected chi connectivity index (χ1v) is 5.74. The Bertz CT molecular complexity index is 576. The number of nitrogens with zero attached hydrogens (tertiary/aromatic N) is 1. The summed E-state index contributed by atoms with van der Waals surface area (Å²) in [6.45, 7) is 32.2. The van der Waals surface area contributed by atoms with Crippen LogP contribution < -0.4 is 0 Å². The molecule has 2 rings (SSSR count). The number of rotatable bonds is 0. The number of fused-ring (bicyclic) bond motifs is 1. The number of hydrogen-bond acceptors (Lipinski definition) is 1. The van der Waals surface area contributed by atoms with Gasteiger partial charge in [0.05, 0.1) is 6.54 Å². The Hall–Kier alpha value is -1.88. The van der Waals surface area contributed by atoms with E-state index < -0.39 is 0 Å². The zero-order valence-electron chi connectivity index (χ0n) is 13.7. The van der Waals surface area contributed by atoms with E-state index in [0.717, 1.165) is 6.54 Å². The van der Waals surface area contributed by atoms with Crippen LogP contribution in [-0.4, -0.2) is 6.21 Å². The fourth-order valence-electron chi connectivity index (χ4n) is 2.03. The Morgan fingerprint density at radius 1 is 0.667 bits per heavy atom. The van der Waals surface area contributed by atoms with Gasteiger partial charge < -0.3 is 0 Å². The third-order valence-electron chi connectivity index (χ3n) is 3.34. The van der Waals surface area contributed by atoms with Crippen molar-refractivity contribution in [1.29, 1.82) is 0 Å². The molecular formula is C17H15CrNO5. The fraction of sp³-hybridized carbons (Fsp3) is 0.294. The zero-order chi connectivity index (χ0) is 19.6.